The molecule has 336 valence electrons. The molecule has 0 saturated carbocycles. The molecule has 0 aliphatic heterocycles. The van der Waals surface area contributed by atoms with Gasteiger partial charge < -0.3 is 4.90 Å². The van der Waals surface area contributed by atoms with Crippen LogP contribution in [0.5, 0.6) is 0 Å². The zero-order valence-corrected chi connectivity index (χ0v) is 40.2. The predicted molar refractivity (Wildman–Crippen MR) is 303 cm³/mol. The van der Waals surface area contributed by atoms with Gasteiger partial charge in [0, 0.05) is 37.2 Å². The Bertz CT molecular complexity index is 4030. The number of nitrogens with zero attached hydrogens (tertiary/aromatic N) is 1. The van der Waals surface area contributed by atoms with E-state index in [0.717, 1.165) is 17.1 Å². The van der Waals surface area contributed by atoms with Crippen LogP contribution < -0.4 is 4.90 Å². The number of benzene rings is 11. The number of rotatable bonds is 6. The largest absolute Gasteiger partial charge is 0.310 e. The molecule has 1 nitrogen and oxygen atoms in total. The number of anilines is 3. The summed E-state index contributed by atoms with van der Waals surface area (Å²) in [5.41, 5.74) is 23.3. The molecular formula is C70H45NS. The van der Waals surface area contributed by atoms with Crippen LogP contribution in [0.3, 0.4) is 0 Å². The maximum absolute atomic E-state index is 2.55. The monoisotopic (exact) mass is 931 g/mol. The summed E-state index contributed by atoms with van der Waals surface area (Å²) in [6.45, 7) is 0. The van der Waals surface area contributed by atoms with Gasteiger partial charge in [0.1, 0.15) is 0 Å². The quantitative estimate of drug-likeness (QED) is 0.150. The SMILES string of the molecule is C(=C\c1ccc2c(c1)sc1cc(N(c3ccccc3)c3ccccc3)ccc12)/c1ccc(-c2ccc3c(c2)C2(c4ccccc4-c4ccccc42)c2ccccc2C32c3ccccc3-c3ccccc32)cc1. The molecule has 3 aliphatic rings. The molecule has 0 bridgehead atoms. The normalized spacial score (nSPS) is 14.0. The zero-order chi connectivity index (χ0) is 47.4. The van der Waals surface area contributed by atoms with Crippen molar-refractivity contribution in [2.45, 2.75) is 10.8 Å². The Labute approximate surface area is 423 Å². The molecule has 2 heteroatoms. The highest BCUT2D eigenvalue weighted by Gasteiger charge is 2.58. The van der Waals surface area contributed by atoms with Crippen LogP contribution >= 0.6 is 11.3 Å². The summed E-state index contributed by atoms with van der Waals surface area (Å²) >= 11 is 1.86. The van der Waals surface area contributed by atoms with E-state index in [1.54, 1.807) is 0 Å². The van der Waals surface area contributed by atoms with Crippen molar-refractivity contribution in [3.8, 4) is 33.4 Å². The minimum absolute atomic E-state index is 0.488. The number of fused-ring (bicyclic) bond motifs is 19. The predicted octanol–water partition coefficient (Wildman–Crippen LogP) is 18.4. The van der Waals surface area contributed by atoms with E-state index in [4.69, 9.17) is 0 Å². The third-order valence-electron chi connectivity index (χ3n) is 15.9. The van der Waals surface area contributed by atoms with Crippen molar-refractivity contribution < 1.29 is 0 Å². The molecule has 0 saturated heterocycles. The minimum atomic E-state index is -0.516. The van der Waals surface area contributed by atoms with E-state index in [0.29, 0.717) is 0 Å². The van der Waals surface area contributed by atoms with Gasteiger partial charge in [0.2, 0.25) is 0 Å². The van der Waals surface area contributed by atoms with E-state index < -0.39 is 10.8 Å². The van der Waals surface area contributed by atoms with Crippen molar-refractivity contribution in [2.24, 2.45) is 0 Å². The number of hydrogen-bond acceptors (Lipinski definition) is 2. The van der Waals surface area contributed by atoms with Gasteiger partial charge >= 0.3 is 0 Å². The average molecular weight is 932 g/mol. The van der Waals surface area contributed by atoms with Crippen LogP contribution in [0, 0.1) is 0 Å². The standard InChI is InChI=1S/C70H45NS/c1-3-17-50(18-4-1)71(51-19-5-2-6-20-51)52-39-41-58-57-40-35-47(43-67(57)72-68(58)45-52)32-31-46-33-36-48(37-34-46)49-38-42-65-66(44-49)70(61-27-13-9-23-55(61)56-24-10-14-28-62(56)70)64-30-16-15-29-63(64)69(65)59-25-11-7-21-53(59)54-22-8-12-26-60(54)69/h1-45H/b32-31+. The van der Waals surface area contributed by atoms with Gasteiger partial charge in [-0.2, -0.15) is 0 Å². The van der Waals surface area contributed by atoms with Crippen LogP contribution in [0.2, 0.25) is 0 Å². The highest BCUT2D eigenvalue weighted by molar-refractivity contribution is 7.25. The van der Waals surface area contributed by atoms with Gasteiger partial charge in [-0.15, -0.1) is 11.3 Å². The molecule has 0 radical (unpaired) electrons. The van der Waals surface area contributed by atoms with Gasteiger partial charge in [-0.05, 0) is 138 Å². The summed E-state index contributed by atoms with van der Waals surface area (Å²) in [6, 6.07) is 97.5. The van der Waals surface area contributed by atoms with Crippen LogP contribution in [-0.2, 0) is 10.8 Å². The van der Waals surface area contributed by atoms with Gasteiger partial charge in [-0.1, -0.05) is 224 Å². The van der Waals surface area contributed by atoms with E-state index >= 15 is 0 Å². The zero-order valence-electron chi connectivity index (χ0n) is 39.3. The maximum Gasteiger partial charge on any atom is 0.0720 e. The lowest BCUT2D eigenvalue weighted by Crippen LogP contribution is -2.43. The second kappa shape index (κ2) is 15.8. The number of thiophene rings is 1. The van der Waals surface area contributed by atoms with E-state index in [1.165, 1.54) is 109 Å². The maximum atomic E-state index is 2.55. The average Bonchev–Trinajstić information content (AvgIpc) is 4.07. The van der Waals surface area contributed by atoms with Crippen molar-refractivity contribution in [3.05, 3.63) is 316 Å². The highest BCUT2D eigenvalue weighted by Crippen LogP contribution is 2.67. The Morgan fingerprint density at radius 1 is 0.278 bits per heavy atom. The number of hydrogen-bond donors (Lipinski definition) is 0. The summed E-state index contributed by atoms with van der Waals surface area (Å²) in [6.07, 6.45) is 4.50. The van der Waals surface area contributed by atoms with Crippen LogP contribution in [0.15, 0.2) is 261 Å². The summed E-state index contributed by atoms with van der Waals surface area (Å²) in [4.78, 5) is 2.34. The first kappa shape index (κ1) is 41.0. The van der Waals surface area contributed by atoms with E-state index in [1.807, 2.05) is 11.3 Å². The van der Waals surface area contributed by atoms with Gasteiger partial charge in [-0.25, -0.2) is 0 Å². The lowest BCUT2D eigenvalue weighted by atomic mass is 9.52. The first-order chi connectivity index (χ1) is 35.7. The fraction of sp³-hybridized carbons (Fsp3) is 0.0286. The molecule has 0 unspecified atom stereocenters. The van der Waals surface area contributed by atoms with Crippen LogP contribution in [0.1, 0.15) is 55.6 Å². The first-order valence-electron chi connectivity index (χ1n) is 25.0. The van der Waals surface area contributed by atoms with Gasteiger partial charge in [-0.3, -0.25) is 0 Å². The van der Waals surface area contributed by atoms with Crippen molar-refractivity contribution in [1.82, 2.24) is 0 Å². The Morgan fingerprint density at radius 3 is 1.22 bits per heavy atom. The van der Waals surface area contributed by atoms with Crippen LogP contribution in [-0.4, -0.2) is 0 Å². The lowest BCUT2D eigenvalue weighted by Gasteiger charge is -2.49. The molecule has 0 N–H and O–H groups in total. The van der Waals surface area contributed by atoms with Crippen molar-refractivity contribution in [2.75, 3.05) is 4.90 Å². The molecule has 3 aliphatic carbocycles. The molecule has 12 aromatic rings. The van der Waals surface area contributed by atoms with Crippen molar-refractivity contribution in [3.63, 3.8) is 0 Å². The smallest absolute Gasteiger partial charge is 0.0720 e. The molecule has 2 spiro atoms. The second-order valence-corrected chi connectivity index (χ2v) is 20.6. The molecule has 0 fully saturated rings. The van der Waals surface area contributed by atoms with E-state index in [-0.39, 0.29) is 0 Å². The highest BCUT2D eigenvalue weighted by atomic mass is 32.1. The Hall–Kier alpha value is -8.82. The molecule has 1 aromatic heterocycles. The summed E-state index contributed by atoms with van der Waals surface area (Å²) < 4.78 is 2.57. The van der Waals surface area contributed by atoms with Crippen LogP contribution in [0.25, 0.3) is 65.7 Å². The Morgan fingerprint density at radius 2 is 0.681 bits per heavy atom. The number of para-hydroxylation sites is 2. The van der Waals surface area contributed by atoms with E-state index in [9.17, 15) is 0 Å². The van der Waals surface area contributed by atoms with Gasteiger partial charge in [0.15, 0.2) is 0 Å². The molecule has 1 heterocycles. The Balaban J connectivity index is 0.820. The molecular weight excluding hydrogens is 887 g/mol. The summed E-state index contributed by atoms with van der Waals surface area (Å²) in [5, 5.41) is 2.58. The topological polar surface area (TPSA) is 3.24 Å². The Kier molecular flexibility index (Phi) is 9.03. The van der Waals surface area contributed by atoms with E-state index in [2.05, 4.69) is 278 Å². The minimum Gasteiger partial charge on any atom is -0.310 e. The third-order valence-corrected chi connectivity index (χ3v) is 17.1. The molecule has 0 amide bonds. The second-order valence-electron chi connectivity index (χ2n) is 19.5. The lowest BCUT2D eigenvalue weighted by molar-refractivity contribution is 0.633. The first-order valence-corrected chi connectivity index (χ1v) is 25.8. The molecule has 15 rings (SSSR count). The molecule has 72 heavy (non-hydrogen) atoms. The molecule has 0 atom stereocenters. The van der Waals surface area contributed by atoms with Crippen molar-refractivity contribution >= 4 is 60.7 Å². The van der Waals surface area contributed by atoms with Gasteiger partial charge in [0.05, 0.1) is 10.8 Å². The van der Waals surface area contributed by atoms with Crippen LogP contribution in [0.4, 0.5) is 17.1 Å². The van der Waals surface area contributed by atoms with Gasteiger partial charge in [0.25, 0.3) is 0 Å². The molecule has 11 aromatic carbocycles. The summed E-state index contributed by atoms with van der Waals surface area (Å²) in [5.74, 6) is 0. The summed E-state index contributed by atoms with van der Waals surface area (Å²) in [7, 11) is 0. The fourth-order valence-electron chi connectivity index (χ4n) is 13.0. The third kappa shape index (κ3) is 5.76. The fourth-order valence-corrected chi connectivity index (χ4v) is 14.2. The van der Waals surface area contributed by atoms with Crippen molar-refractivity contribution in [1.29, 1.82) is 0 Å².